The fraction of sp³-hybridized carbons (Fsp3) is 0.304. The van der Waals surface area contributed by atoms with Crippen LogP contribution >= 0.6 is 0 Å². The summed E-state index contributed by atoms with van der Waals surface area (Å²) in [5.41, 5.74) is 3.96. The second-order valence-electron chi connectivity index (χ2n) is 7.61. The van der Waals surface area contributed by atoms with Gasteiger partial charge in [-0.05, 0) is 49.7 Å². The Kier molecular flexibility index (Phi) is 6.69. The Balaban J connectivity index is 1.50. The maximum Gasteiger partial charge on any atom is 0.311 e. The van der Waals surface area contributed by atoms with E-state index in [2.05, 4.69) is 10.6 Å². The van der Waals surface area contributed by atoms with E-state index in [0.717, 1.165) is 16.8 Å². The van der Waals surface area contributed by atoms with Gasteiger partial charge in [0.15, 0.2) is 6.61 Å². The van der Waals surface area contributed by atoms with Crippen molar-refractivity contribution in [2.45, 2.75) is 27.2 Å². The van der Waals surface area contributed by atoms with E-state index in [-0.39, 0.29) is 24.8 Å². The molecule has 3 amide bonds. The molecule has 2 aromatic rings. The molecule has 1 aliphatic rings. The summed E-state index contributed by atoms with van der Waals surface area (Å²) in [5.74, 6) is -2.01. The van der Waals surface area contributed by atoms with Gasteiger partial charge in [-0.3, -0.25) is 19.2 Å². The van der Waals surface area contributed by atoms with Crippen LogP contribution in [0.4, 0.5) is 17.1 Å². The van der Waals surface area contributed by atoms with E-state index >= 15 is 0 Å². The van der Waals surface area contributed by atoms with Crippen molar-refractivity contribution in [3.8, 4) is 0 Å². The summed E-state index contributed by atoms with van der Waals surface area (Å²) in [4.78, 5) is 49.5. The van der Waals surface area contributed by atoms with E-state index in [1.165, 1.54) is 6.92 Å². The number of aryl methyl sites for hydroxylation is 2. The number of benzene rings is 2. The lowest BCUT2D eigenvalue weighted by atomic mass is 10.1. The van der Waals surface area contributed by atoms with Crippen molar-refractivity contribution in [1.82, 2.24) is 0 Å². The molecule has 0 aromatic heterocycles. The molecule has 8 nitrogen and oxygen atoms in total. The lowest BCUT2D eigenvalue weighted by molar-refractivity contribution is -0.151. The molecule has 2 N–H and O–H groups in total. The van der Waals surface area contributed by atoms with Crippen LogP contribution in [-0.2, 0) is 23.9 Å². The maximum absolute atomic E-state index is 12.4. The number of carbonyl (C=O) groups excluding carboxylic acids is 4. The lowest BCUT2D eigenvalue weighted by Crippen LogP contribution is -2.28. The fourth-order valence-electron chi connectivity index (χ4n) is 3.50. The standard InChI is InChI=1S/C23H25N3O5/c1-14-4-9-20(15(2)10-14)26-12-17(11-22(26)29)23(30)31-13-21(28)25-19-7-5-18(6-8-19)24-16(3)27/h4-10,17H,11-13H2,1-3H3,(H,24,27)(H,25,28)/t17-/m1/s1. The Hall–Kier alpha value is -3.68. The average molecular weight is 423 g/mol. The molecule has 0 radical (unpaired) electrons. The van der Waals surface area contributed by atoms with E-state index in [0.29, 0.717) is 11.4 Å². The third kappa shape index (κ3) is 5.69. The van der Waals surface area contributed by atoms with Gasteiger partial charge in [0.2, 0.25) is 11.8 Å². The van der Waals surface area contributed by atoms with Crippen LogP contribution < -0.4 is 15.5 Å². The number of carbonyl (C=O) groups is 4. The number of rotatable bonds is 6. The van der Waals surface area contributed by atoms with Crippen molar-refractivity contribution < 1.29 is 23.9 Å². The van der Waals surface area contributed by atoms with Gasteiger partial charge in [-0.15, -0.1) is 0 Å². The summed E-state index contributed by atoms with van der Waals surface area (Å²) in [5, 5.41) is 5.25. The Morgan fingerprint density at radius 2 is 1.68 bits per heavy atom. The first-order valence-electron chi connectivity index (χ1n) is 9.94. The summed E-state index contributed by atoms with van der Waals surface area (Å²) in [6, 6.07) is 12.3. The van der Waals surface area contributed by atoms with Crippen molar-refractivity contribution in [1.29, 1.82) is 0 Å². The van der Waals surface area contributed by atoms with E-state index < -0.39 is 24.4 Å². The van der Waals surface area contributed by atoms with Crippen LogP contribution in [-0.4, -0.2) is 36.8 Å². The van der Waals surface area contributed by atoms with Gasteiger partial charge >= 0.3 is 5.97 Å². The highest BCUT2D eigenvalue weighted by Crippen LogP contribution is 2.29. The van der Waals surface area contributed by atoms with Crippen molar-refractivity contribution in [3.05, 3.63) is 53.6 Å². The van der Waals surface area contributed by atoms with Gasteiger partial charge in [-0.2, -0.15) is 0 Å². The molecule has 31 heavy (non-hydrogen) atoms. The molecule has 1 atom stereocenters. The largest absolute Gasteiger partial charge is 0.455 e. The molecule has 0 spiro atoms. The molecule has 1 aliphatic heterocycles. The molecule has 162 valence electrons. The number of esters is 1. The Bertz CT molecular complexity index is 1020. The first kappa shape index (κ1) is 22.0. The van der Waals surface area contributed by atoms with Gasteiger partial charge < -0.3 is 20.3 Å². The molecule has 0 bridgehead atoms. The van der Waals surface area contributed by atoms with Gasteiger partial charge in [-0.25, -0.2) is 0 Å². The van der Waals surface area contributed by atoms with Gasteiger partial charge in [0.05, 0.1) is 5.92 Å². The number of amides is 3. The van der Waals surface area contributed by atoms with Gasteiger partial charge in [0.1, 0.15) is 0 Å². The maximum atomic E-state index is 12.4. The molecule has 1 heterocycles. The Morgan fingerprint density at radius 3 is 2.29 bits per heavy atom. The van der Waals surface area contributed by atoms with Gasteiger partial charge in [-0.1, -0.05) is 17.7 Å². The average Bonchev–Trinajstić information content (AvgIpc) is 3.09. The molecule has 1 saturated heterocycles. The van der Waals surface area contributed by atoms with Crippen LogP contribution in [0.15, 0.2) is 42.5 Å². The van der Waals surface area contributed by atoms with Crippen molar-refractivity contribution in [2.75, 3.05) is 28.7 Å². The van der Waals surface area contributed by atoms with Crippen LogP contribution in [0.1, 0.15) is 24.5 Å². The summed E-state index contributed by atoms with van der Waals surface area (Å²) >= 11 is 0. The normalized spacial score (nSPS) is 15.5. The molecule has 0 unspecified atom stereocenters. The number of hydrogen-bond acceptors (Lipinski definition) is 5. The first-order chi connectivity index (χ1) is 14.7. The molecule has 8 heteroatoms. The number of nitrogens with one attached hydrogen (secondary N) is 2. The summed E-state index contributed by atoms with van der Waals surface area (Å²) in [7, 11) is 0. The third-order valence-electron chi connectivity index (χ3n) is 4.94. The number of anilines is 3. The van der Waals surface area contributed by atoms with Crippen LogP contribution in [0.25, 0.3) is 0 Å². The minimum absolute atomic E-state index is 0.0539. The van der Waals surface area contributed by atoms with Crippen molar-refractivity contribution >= 4 is 40.8 Å². The quantitative estimate of drug-likeness (QED) is 0.695. The van der Waals surface area contributed by atoms with Crippen molar-refractivity contribution in [3.63, 3.8) is 0 Å². The SMILES string of the molecule is CC(=O)Nc1ccc(NC(=O)COC(=O)[C@@H]2CC(=O)N(c3ccc(C)cc3C)C2)cc1. The monoisotopic (exact) mass is 423 g/mol. The molecule has 0 saturated carbocycles. The van der Waals surface area contributed by atoms with Crippen LogP contribution in [0, 0.1) is 19.8 Å². The minimum Gasteiger partial charge on any atom is -0.455 e. The molecule has 1 fully saturated rings. The number of hydrogen-bond donors (Lipinski definition) is 2. The summed E-state index contributed by atoms with van der Waals surface area (Å²) in [6.45, 7) is 5.09. The van der Waals surface area contributed by atoms with E-state index in [9.17, 15) is 19.2 Å². The molecule has 2 aromatic carbocycles. The third-order valence-corrected chi connectivity index (χ3v) is 4.94. The number of nitrogens with zero attached hydrogens (tertiary/aromatic N) is 1. The summed E-state index contributed by atoms with van der Waals surface area (Å²) < 4.78 is 5.13. The molecule has 0 aliphatic carbocycles. The van der Waals surface area contributed by atoms with Gasteiger partial charge in [0, 0.05) is 37.0 Å². The highest BCUT2D eigenvalue weighted by atomic mass is 16.5. The topological polar surface area (TPSA) is 105 Å². The highest BCUT2D eigenvalue weighted by Gasteiger charge is 2.36. The summed E-state index contributed by atoms with van der Waals surface area (Å²) in [6.07, 6.45) is 0.0539. The lowest BCUT2D eigenvalue weighted by Gasteiger charge is -2.19. The van der Waals surface area contributed by atoms with Crippen LogP contribution in [0.2, 0.25) is 0 Å². The highest BCUT2D eigenvalue weighted by molar-refractivity contribution is 6.00. The molecule has 3 rings (SSSR count). The molecular formula is C23H25N3O5. The number of ether oxygens (including phenoxy) is 1. The predicted octanol–water partition coefficient (Wildman–Crippen LogP) is 2.80. The fourth-order valence-corrected chi connectivity index (χ4v) is 3.50. The van der Waals surface area contributed by atoms with E-state index in [1.54, 1.807) is 29.2 Å². The van der Waals surface area contributed by atoms with Gasteiger partial charge in [0.25, 0.3) is 5.91 Å². The minimum atomic E-state index is -0.613. The second kappa shape index (κ2) is 9.42. The zero-order chi connectivity index (χ0) is 22.5. The van der Waals surface area contributed by atoms with Crippen molar-refractivity contribution in [2.24, 2.45) is 5.92 Å². The zero-order valence-corrected chi connectivity index (χ0v) is 17.7. The predicted molar refractivity (Wildman–Crippen MR) is 117 cm³/mol. The first-order valence-corrected chi connectivity index (χ1v) is 9.94. The zero-order valence-electron chi connectivity index (χ0n) is 17.7. The van der Waals surface area contributed by atoms with E-state index in [4.69, 9.17) is 4.74 Å². The molecular weight excluding hydrogens is 398 g/mol. The van der Waals surface area contributed by atoms with Crippen LogP contribution in [0.3, 0.4) is 0 Å². The van der Waals surface area contributed by atoms with Crippen LogP contribution in [0.5, 0.6) is 0 Å². The Labute approximate surface area is 180 Å². The smallest absolute Gasteiger partial charge is 0.311 e. The van der Waals surface area contributed by atoms with E-state index in [1.807, 2.05) is 32.0 Å². The Morgan fingerprint density at radius 1 is 1.03 bits per heavy atom. The second-order valence-corrected chi connectivity index (χ2v) is 7.61.